The van der Waals surface area contributed by atoms with E-state index in [9.17, 15) is 0 Å². The molecular weight excluding hydrogens is 326 g/mol. The maximum Gasteiger partial charge on any atom is -0.00133 e. The molecule has 0 N–H and O–H groups in total. The van der Waals surface area contributed by atoms with Crippen LogP contribution >= 0.6 is 0 Å². The van der Waals surface area contributed by atoms with Gasteiger partial charge in [-0.25, -0.2) is 0 Å². The van der Waals surface area contributed by atoms with Crippen molar-refractivity contribution in [2.45, 2.75) is 25.7 Å². The molecule has 136 valence electrons. The van der Waals surface area contributed by atoms with E-state index in [1.165, 1.54) is 73.1 Å². The fourth-order valence-corrected chi connectivity index (χ4v) is 4.98. The Morgan fingerprint density at radius 1 is 0.593 bits per heavy atom. The number of rotatable bonds is 4. The molecule has 0 aromatic heterocycles. The maximum atomic E-state index is 2.64. The van der Waals surface area contributed by atoms with Gasteiger partial charge in [0.05, 0.1) is 0 Å². The molecule has 0 spiro atoms. The topological polar surface area (TPSA) is 3.24 Å². The fourth-order valence-electron chi connectivity index (χ4n) is 4.98. The summed E-state index contributed by atoms with van der Waals surface area (Å²) in [4.78, 5) is 2.64. The minimum absolute atomic E-state index is 0.526. The van der Waals surface area contributed by atoms with Gasteiger partial charge in [-0.2, -0.15) is 0 Å². The molecule has 2 bridgehead atoms. The molecule has 0 amide bonds. The average molecular weight is 354 g/mol. The predicted octanol–water partition coefficient (Wildman–Crippen LogP) is 6.05. The minimum Gasteiger partial charge on any atom is -0.303 e. The number of piperidine rings is 3. The van der Waals surface area contributed by atoms with Gasteiger partial charge in [0.15, 0.2) is 0 Å². The average Bonchev–Trinajstić information content (AvgIpc) is 2.76. The summed E-state index contributed by atoms with van der Waals surface area (Å²) in [6.07, 6.45) is 5.32. The van der Waals surface area contributed by atoms with Crippen LogP contribution in [0.2, 0.25) is 0 Å². The first-order valence-corrected chi connectivity index (χ1v) is 10.3. The van der Waals surface area contributed by atoms with Gasteiger partial charge in [-0.1, -0.05) is 72.8 Å². The summed E-state index contributed by atoms with van der Waals surface area (Å²) in [5.74, 6) is 0. The molecule has 1 heteroatoms. The quantitative estimate of drug-likeness (QED) is 0.552. The third kappa shape index (κ3) is 3.44. The number of nitrogens with zero attached hydrogens (tertiary/aromatic N) is 1. The van der Waals surface area contributed by atoms with Crippen LogP contribution in [0.5, 0.6) is 0 Å². The van der Waals surface area contributed by atoms with Crippen molar-refractivity contribution in [1.29, 1.82) is 0 Å². The summed E-state index contributed by atoms with van der Waals surface area (Å²) in [5.41, 5.74) is 7.34. The van der Waals surface area contributed by atoms with Gasteiger partial charge in [-0.3, -0.25) is 0 Å². The van der Waals surface area contributed by atoms with Crippen molar-refractivity contribution < 1.29 is 0 Å². The number of hydrogen-bond acceptors (Lipinski definition) is 1. The molecule has 0 saturated carbocycles. The highest BCUT2D eigenvalue weighted by molar-refractivity contribution is 5.74. The predicted molar refractivity (Wildman–Crippen MR) is 114 cm³/mol. The molecule has 3 aliphatic rings. The van der Waals surface area contributed by atoms with Crippen molar-refractivity contribution in [2.24, 2.45) is 5.41 Å². The summed E-state index contributed by atoms with van der Waals surface area (Å²) < 4.78 is 0. The van der Waals surface area contributed by atoms with Crippen molar-refractivity contribution in [1.82, 2.24) is 4.90 Å². The lowest BCUT2D eigenvalue weighted by Crippen LogP contribution is -2.49. The smallest absolute Gasteiger partial charge is 0.00133 e. The number of fused-ring (bicyclic) bond motifs is 3. The van der Waals surface area contributed by atoms with Crippen LogP contribution in [0.3, 0.4) is 0 Å². The van der Waals surface area contributed by atoms with Gasteiger partial charge < -0.3 is 4.90 Å². The van der Waals surface area contributed by atoms with E-state index in [1.54, 1.807) is 0 Å². The summed E-state index contributed by atoms with van der Waals surface area (Å²) in [5, 5.41) is 0. The summed E-state index contributed by atoms with van der Waals surface area (Å²) in [7, 11) is 0. The second-order valence-electron chi connectivity index (χ2n) is 8.42. The van der Waals surface area contributed by atoms with Crippen molar-refractivity contribution in [2.75, 3.05) is 19.6 Å². The molecule has 0 atom stereocenters. The van der Waals surface area contributed by atoms with Crippen LogP contribution in [0.4, 0.5) is 0 Å². The van der Waals surface area contributed by atoms with Crippen molar-refractivity contribution in [3.8, 4) is 22.3 Å². The SMILES string of the molecule is c1ccc(-c2cc(CC34CCN(CC3)CC4)cc(-c3ccccc3)c2)cc1. The van der Waals surface area contributed by atoms with Crippen LogP contribution in [0, 0.1) is 5.41 Å². The van der Waals surface area contributed by atoms with Crippen molar-refractivity contribution in [3.05, 3.63) is 84.4 Å². The Kier molecular flexibility index (Phi) is 4.33. The largest absolute Gasteiger partial charge is 0.303 e. The molecule has 3 aliphatic heterocycles. The van der Waals surface area contributed by atoms with Crippen LogP contribution in [0.25, 0.3) is 22.3 Å². The molecule has 3 heterocycles. The molecule has 1 nitrogen and oxygen atoms in total. The van der Waals surface area contributed by atoms with Gasteiger partial charge >= 0.3 is 0 Å². The first-order chi connectivity index (χ1) is 13.3. The molecule has 3 aromatic carbocycles. The van der Waals surface area contributed by atoms with Crippen molar-refractivity contribution in [3.63, 3.8) is 0 Å². The van der Waals surface area contributed by atoms with Crippen LogP contribution in [-0.2, 0) is 6.42 Å². The minimum atomic E-state index is 0.526. The Bertz CT molecular complexity index is 834. The van der Waals surface area contributed by atoms with E-state index in [2.05, 4.69) is 83.8 Å². The summed E-state index contributed by atoms with van der Waals surface area (Å²) in [6, 6.07) is 28.9. The number of benzene rings is 3. The first kappa shape index (κ1) is 16.8. The zero-order valence-electron chi connectivity index (χ0n) is 15.9. The standard InChI is InChI=1S/C26H27N/c1-3-7-22(8-4-1)24-17-21(18-25(19-24)23-9-5-2-6-10-23)20-26-11-14-27(15-12-26)16-13-26/h1-10,17-19H,11-16,20H2. The Balaban J connectivity index is 1.56. The van der Waals surface area contributed by atoms with Gasteiger partial charge in [0.2, 0.25) is 0 Å². The Morgan fingerprint density at radius 3 is 1.56 bits per heavy atom. The van der Waals surface area contributed by atoms with E-state index in [0.29, 0.717) is 5.41 Å². The fraction of sp³-hybridized carbons (Fsp3) is 0.308. The van der Waals surface area contributed by atoms with Crippen molar-refractivity contribution >= 4 is 0 Å². The molecule has 0 unspecified atom stereocenters. The highest BCUT2D eigenvalue weighted by Crippen LogP contribution is 2.43. The van der Waals surface area contributed by atoms with E-state index < -0.39 is 0 Å². The van der Waals surface area contributed by atoms with Gasteiger partial charge in [-0.15, -0.1) is 0 Å². The van der Waals surface area contributed by atoms with Crippen LogP contribution in [0.1, 0.15) is 24.8 Å². The molecular formula is C26H27N. The van der Waals surface area contributed by atoms with E-state index >= 15 is 0 Å². The van der Waals surface area contributed by atoms with Crippen LogP contribution in [-0.4, -0.2) is 24.5 Å². The maximum absolute atomic E-state index is 2.64. The van der Waals surface area contributed by atoms with E-state index in [1.807, 2.05) is 0 Å². The summed E-state index contributed by atoms with van der Waals surface area (Å²) >= 11 is 0. The molecule has 3 aromatic rings. The molecule has 6 rings (SSSR count). The summed E-state index contributed by atoms with van der Waals surface area (Å²) in [6.45, 7) is 3.89. The highest BCUT2D eigenvalue weighted by atomic mass is 15.1. The molecule has 0 radical (unpaired) electrons. The van der Waals surface area contributed by atoms with E-state index in [-0.39, 0.29) is 0 Å². The zero-order valence-corrected chi connectivity index (χ0v) is 15.9. The normalized spacial score (nSPS) is 24.1. The molecule has 27 heavy (non-hydrogen) atoms. The lowest BCUT2D eigenvalue weighted by molar-refractivity contribution is 0.0266. The molecule has 3 saturated heterocycles. The second-order valence-corrected chi connectivity index (χ2v) is 8.42. The van der Waals surface area contributed by atoms with Crippen LogP contribution in [0.15, 0.2) is 78.9 Å². The second kappa shape index (κ2) is 6.98. The number of hydrogen-bond donors (Lipinski definition) is 0. The van der Waals surface area contributed by atoms with Crippen LogP contribution < -0.4 is 0 Å². The monoisotopic (exact) mass is 353 g/mol. The zero-order chi connectivity index (χ0) is 18.1. The van der Waals surface area contributed by atoms with Gasteiger partial charge in [0, 0.05) is 0 Å². The lowest BCUT2D eigenvalue weighted by atomic mass is 9.68. The van der Waals surface area contributed by atoms with E-state index in [4.69, 9.17) is 0 Å². The van der Waals surface area contributed by atoms with Gasteiger partial charge in [0.25, 0.3) is 0 Å². The molecule has 0 aliphatic carbocycles. The third-order valence-electron chi connectivity index (χ3n) is 6.66. The van der Waals surface area contributed by atoms with Gasteiger partial charge in [0.1, 0.15) is 0 Å². The Labute approximate surface area is 162 Å². The highest BCUT2D eigenvalue weighted by Gasteiger charge is 2.39. The Hall–Kier alpha value is -2.38. The lowest BCUT2D eigenvalue weighted by Gasteiger charge is -2.48. The third-order valence-corrected chi connectivity index (χ3v) is 6.66. The van der Waals surface area contributed by atoms with Gasteiger partial charge in [-0.05, 0) is 84.6 Å². The molecule has 3 fully saturated rings. The van der Waals surface area contributed by atoms with E-state index in [0.717, 1.165) is 0 Å². The first-order valence-electron chi connectivity index (χ1n) is 10.3. The Morgan fingerprint density at radius 2 is 1.07 bits per heavy atom.